The Morgan fingerprint density at radius 2 is 1.86 bits per heavy atom. The van der Waals surface area contributed by atoms with E-state index in [4.69, 9.17) is 11.6 Å². The molecule has 1 aromatic carbocycles. The Morgan fingerprint density at radius 1 is 1.21 bits per heavy atom. The molecule has 0 heterocycles. The van der Waals surface area contributed by atoms with Crippen LogP contribution in [0.1, 0.15) is 37.5 Å². The molecule has 1 heteroatoms. The predicted octanol–water partition coefficient (Wildman–Crippen LogP) is 4.07. The highest BCUT2D eigenvalue weighted by Gasteiger charge is 2.14. The Balaban J connectivity index is 3.06. The van der Waals surface area contributed by atoms with E-state index in [1.807, 2.05) is 0 Å². The van der Waals surface area contributed by atoms with Crippen molar-refractivity contribution in [2.75, 3.05) is 5.88 Å². The van der Waals surface area contributed by atoms with Crippen LogP contribution < -0.4 is 0 Å². The number of benzene rings is 1. The van der Waals surface area contributed by atoms with E-state index in [1.54, 1.807) is 0 Å². The molecule has 0 aromatic heterocycles. The summed E-state index contributed by atoms with van der Waals surface area (Å²) in [5.41, 5.74) is 4.35. The van der Waals surface area contributed by atoms with E-state index in [1.165, 1.54) is 16.7 Å². The topological polar surface area (TPSA) is 0 Å². The Kier molecular flexibility index (Phi) is 3.60. The van der Waals surface area contributed by atoms with Gasteiger partial charge in [0.2, 0.25) is 0 Å². The van der Waals surface area contributed by atoms with E-state index in [-0.39, 0.29) is 5.41 Å². The van der Waals surface area contributed by atoms with Crippen LogP contribution in [-0.2, 0) is 11.8 Å². The standard InChI is InChI=1S/C13H19Cl/c1-10-5-6-12(13(2,3)4)9-11(10)7-8-14/h5-6,9H,7-8H2,1-4H3. The summed E-state index contributed by atoms with van der Waals surface area (Å²) in [6.45, 7) is 8.86. The van der Waals surface area contributed by atoms with Gasteiger partial charge in [0.15, 0.2) is 0 Å². The van der Waals surface area contributed by atoms with Gasteiger partial charge in [0, 0.05) is 5.88 Å². The minimum atomic E-state index is 0.231. The molecule has 0 radical (unpaired) electrons. The van der Waals surface area contributed by atoms with E-state index in [0.29, 0.717) is 5.88 Å². The molecular weight excluding hydrogens is 192 g/mol. The first-order valence-corrected chi connectivity index (χ1v) is 5.64. The number of aryl methyl sites for hydroxylation is 2. The zero-order valence-corrected chi connectivity index (χ0v) is 10.3. The molecule has 0 nitrogen and oxygen atoms in total. The van der Waals surface area contributed by atoms with Gasteiger partial charge < -0.3 is 0 Å². The maximum absolute atomic E-state index is 5.77. The van der Waals surface area contributed by atoms with Crippen LogP contribution in [0.25, 0.3) is 0 Å². The number of alkyl halides is 1. The normalized spacial score (nSPS) is 11.8. The van der Waals surface area contributed by atoms with Crippen molar-refractivity contribution in [1.29, 1.82) is 0 Å². The fourth-order valence-electron chi connectivity index (χ4n) is 1.51. The summed E-state index contributed by atoms with van der Waals surface area (Å²) in [5.74, 6) is 0.703. The van der Waals surface area contributed by atoms with Gasteiger partial charge in [-0.05, 0) is 35.4 Å². The van der Waals surface area contributed by atoms with Crippen LogP contribution in [0.2, 0.25) is 0 Å². The van der Waals surface area contributed by atoms with E-state index in [0.717, 1.165) is 6.42 Å². The van der Waals surface area contributed by atoms with Gasteiger partial charge in [-0.15, -0.1) is 11.6 Å². The molecule has 1 rings (SSSR count). The van der Waals surface area contributed by atoms with Gasteiger partial charge in [-0.25, -0.2) is 0 Å². The molecule has 0 saturated heterocycles. The third-order valence-corrected chi connectivity index (χ3v) is 2.77. The molecule has 0 fully saturated rings. The first kappa shape index (κ1) is 11.6. The highest BCUT2D eigenvalue weighted by molar-refractivity contribution is 6.18. The summed E-state index contributed by atoms with van der Waals surface area (Å²) in [7, 11) is 0. The fourth-order valence-corrected chi connectivity index (χ4v) is 1.71. The Labute approximate surface area is 92.3 Å². The average Bonchev–Trinajstić information content (AvgIpc) is 2.07. The number of hydrogen-bond donors (Lipinski definition) is 0. The quantitative estimate of drug-likeness (QED) is 0.646. The molecule has 0 unspecified atom stereocenters. The zero-order chi connectivity index (χ0) is 10.8. The zero-order valence-electron chi connectivity index (χ0n) is 9.52. The van der Waals surface area contributed by atoms with Crippen molar-refractivity contribution in [3.05, 3.63) is 34.9 Å². The van der Waals surface area contributed by atoms with Gasteiger partial charge in [0.1, 0.15) is 0 Å². The highest BCUT2D eigenvalue weighted by atomic mass is 35.5. The molecule has 0 atom stereocenters. The number of halogens is 1. The van der Waals surface area contributed by atoms with E-state index in [2.05, 4.69) is 45.9 Å². The molecule has 0 aliphatic rings. The lowest BCUT2D eigenvalue weighted by molar-refractivity contribution is 0.589. The van der Waals surface area contributed by atoms with Gasteiger partial charge in [0.25, 0.3) is 0 Å². The second-order valence-electron chi connectivity index (χ2n) is 4.83. The summed E-state index contributed by atoms with van der Waals surface area (Å²) in [4.78, 5) is 0. The molecule has 0 aliphatic heterocycles. The van der Waals surface area contributed by atoms with Crippen LogP contribution >= 0.6 is 11.6 Å². The maximum atomic E-state index is 5.77. The smallest absolute Gasteiger partial charge is 0.0264 e. The Bertz CT molecular complexity index is 308. The molecule has 0 aliphatic carbocycles. The number of rotatable bonds is 2. The van der Waals surface area contributed by atoms with Crippen LogP contribution in [-0.4, -0.2) is 5.88 Å². The van der Waals surface area contributed by atoms with Crippen molar-refractivity contribution >= 4 is 11.6 Å². The molecule has 0 N–H and O–H groups in total. The minimum Gasteiger partial charge on any atom is -0.126 e. The van der Waals surface area contributed by atoms with Crippen LogP contribution in [0.15, 0.2) is 18.2 Å². The molecule has 78 valence electrons. The average molecular weight is 211 g/mol. The van der Waals surface area contributed by atoms with Crippen molar-refractivity contribution < 1.29 is 0 Å². The van der Waals surface area contributed by atoms with E-state index >= 15 is 0 Å². The van der Waals surface area contributed by atoms with Crippen molar-refractivity contribution in [3.8, 4) is 0 Å². The van der Waals surface area contributed by atoms with Gasteiger partial charge in [0.05, 0.1) is 0 Å². The van der Waals surface area contributed by atoms with Crippen LogP contribution in [0, 0.1) is 6.92 Å². The van der Waals surface area contributed by atoms with Crippen LogP contribution in [0.3, 0.4) is 0 Å². The molecular formula is C13H19Cl. The molecule has 0 spiro atoms. The predicted molar refractivity (Wildman–Crippen MR) is 64.3 cm³/mol. The van der Waals surface area contributed by atoms with Crippen molar-refractivity contribution in [3.63, 3.8) is 0 Å². The lowest BCUT2D eigenvalue weighted by atomic mass is 9.85. The first-order valence-electron chi connectivity index (χ1n) is 5.11. The van der Waals surface area contributed by atoms with E-state index in [9.17, 15) is 0 Å². The van der Waals surface area contributed by atoms with Gasteiger partial charge in [-0.1, -0.05) is 39.0 Å². The minimum absolute atomic E-state index is 0.231. The second-order valence-corrected chi connectivity index (χ2v) is 5.21. The van der Waals surface area contributed by atoms with Crippen molar-refractivity contribution in [1.82, 2.24) is 0 Å². The summed E-state index contributed by atoms with van der Waals surface area (Å²) in [6.07, 6.45) is 0.970. The van der Waals surface area contributed by atoms with E-state index < -0.39 is 0 Å². The molecule has 1 aromatic rings. The lowest BCUT2D eigenvalue weighted by Gasteiger charge is -2.20. The summed E-state index contributed by atoms with van der Waals surface area (Å²) in [5, 5.41) is 0. The second kappa shape index (κ2) is 4.35. The fraction of sp³-hybridized carbons (Fsp3) is 0.538. The lowest BCUT2D eigenvalue weighted by Crippen LogP contribution is -2.11. The van der Waals surface area contributed by atoms with Crippen LogP contribution in [0.5, 0.6) is 0 Å². The van der Waals surface area contributed by atoms with Gasteiger partial charge >= 0.3 is 0 Å². The highest BCUT2D eigenvalue weighted by Crippen LogP contribution is 2.24. The Morgan fingerprint density at radius 3 is 2.36 bits per heavy atom. The largest absolute Gasteiger partial charge is 0.126 e. The molecule has 14 heavy (non-hydrogen) atoms. The SMILES string of the molecule is Cc1ccc(C(C)(C)C)cc1CCCl. The summed E-state index contributed by atoms with van der Waals surface area (Å²) >= 11 is 5.77. The van der Waals surface area contributed by atoms with Crippen molar-refractivity contribution in [2.45, 2.75) is 39.5 Å². The summed E-state index contributed by atoms with van der Waals surface area (Å²) < 4.78 is 0. The Hall–Kier alpha value is -0.490. The molecule has 0 bridgehead atoms. The van der Waals surface area contributed by atoms with Gasteiger partial charge in [-0.2, -0.15) is 0 Å². The first-order chi connectivity index (χ1) is 6.45. The third kappa shape index (κ3) is 2.75. The van der Waals surface area contributed by atoms with Crippen molar-refractivity contribution in [2.24, 2.45) is 0 Å². The van der Waals surface area contributed by atoms with Crippen LogP contribution in [0.4, 0.5) is 0 Å². The summed E-state index contributed by atoms with van der Waals surface area (Å²) in [6, 6.07) is 6.70. The third-order valence-electron chi connectivity index (χ3n) is 2.58. The monoisotopic (exact) mass is 210 g/mol. The maximum Gasteiger partial charge on any atom is 0.0264 e. The number of hydrogen-bond acceptors (Lipinski definition) is 0. The van der Waals surface area contributed by atoms with Gasteiger partial charge in [-0.3, -0.25) is 0 Å². The molecule has 0 saturated carbocycles. The molecule has 0 amide bonds.